The number of hydrogen-bond acceptors (Lipinski definition) is 6. The second-order valence-electron chi connectivity index (χ2n) is 7.92. The summed E-state index contributed by atoms with van der Waals surface area (Å²) in [6.07, 6.45) is 1.48. The Labute approximate surface area is 193 Å². The molecule has 2 heterocycles. The van der Waals surface area contributed by atoms with Crippen LogP contribution in [0.4, 0.5) is 5.69 Å². The van der Waals surface area contributed by atoms with E-state index < -0.39 is 10.0 Å². The van der Waals surface area contributed by atoms with Crippen molar-refractivity contribution >= 4 is 21.6 Å². The molecule has 0 radical (unpaired) electrons. The maximum atomic E-state index is 13.0. The molecule has 1 aliphatic rings. The lowest BCUT2D eigenvalue weighted by Crippen LogP contribution is -2.35. The van der Waals surface area contributed by atoms with Gasteiger partial charge in [-0.15, -0.1) is 0 Å². The van der Waals surface area contributed by atoms with Crippen molar-refractivity contribution in [3.63, 3.8) is 0 Å². The highest BCUT2D eigenvalue weighted by Crippen LogP contribution is 2.19. The minimum absolute atomic E-state index is 0.0193. The number of amides is 1. The molecule has 1 aromatic heterocycles. The molecule has 0 saturated carbocycles. The quantitative estimate of drug-likeness (QED) is 0.526. The Morgan fingerprint density at radius 1 is 1.06 bits per heavy atom. The molecule has 9 heteroatoms. The van der Waals surface area contributed by atoms with Crippen LogP contribution < -0.4 is 10.0 Å². The molecule has 1 aliphatic heterocycles. The van der Waals surface area contributed by atoms with Crippen LogP contribution in [0.5, 0.6) is 0 Å². The molecule has 0 aliphatic carbocycles. The van der Waals surface area contributed by atoms with Crippen molar-refractivity contribution in [1.29, 1.82) is 0 Å². The van der Waals surface area contributed by atoms with E-state index in [0.717, 1.165) is 38.4 Å². The SMILES string of the molecule is Cc1ccc(S(=O)(=O)NCc2ccco2)cc1C(=O)Nc1cccc(CN2CCOCC2)c1. The topological polar surface area (TPSA) is 101 Å². The molecule has 33 heavy (non-hydrogen) atoms. The lowest BCUT2D eigenvalue weighted by atomic mass is 10.1. The van der Waals surface area contributed by atoms with Gasteiger partial charge in [0.2, 0.25) is 10.0 Å². The zero-order chi connectivity index (χ0) is 23.3. The predicted octanol–water partition coefficient (Wildman–Crippen LogP) is 3.15. The predicted molar refractivity (Wildman–Crippen MR) is 124 cm³/mol. The smallest absolute Gasteiger partial charge is 0.255 e. The van der Waals surface area contributed by atoms with E-state index in [1.165, 1.54) is 18.4 Å². The van der Waals surface area contributed by atoms with Crippen LogP contribution in [0.1, 0.15) is 27.2 Å². The lowest BCUT2D eigenvalue weighted by Gasteiger charge is -2.26. The van der Waals surface area contributed by atoms with Gasteiger partial charge in [0.05, 0.1) is 30.9 Å². The molecule has 0 bridgehead atoms. The number of carbonyl (C=O) groups excluding carboxylic acids is 1. The summed E-state index contributed by atoms with van der Waals surface area (Å²) in [5, 5.41) is 2.90. The van der Waals surface area contributed by atoms with Crippen LogP contribution in [0.15, 0.2) is 70.2 Å². The van der Waals surface area contributed by atoms with E-state index in [-0.39, 0.29) is 17.3 Å². The first-order valence-corrected chi connectivity index (χ1v) is 12.2. The normalized spacial score (nSPS) is 14.8. The number of benzene rings is 2. The minimum Gasteiger partial charge on any atom is -0.468 e. The molecule has 174 valence electrons. The summed E-state index contributed by atoms with van der Waals surface area (Å²) in [6.45, 7) is 5.80. The zero-order valence-corrected chi connectivity index (χ0v) is 19.2. The molecule has 2 aromatic carbocycles. The average Bonchev–Trinajstić information content (AvgIpc) is 3.33. The van der Waals surface area contributed by atoms with Crippen molar-refractivity contribution in [2.24, 2.45) is 0 Å². The Kier molecular flexibility index (Phi) is 7.24. The number of sulfonamides is 1. The van der Waals surface area contributed by atoms with E-state index in [9.17, 15) is 13.2 Å². The summed E-state index contributed by atoms with van der Waals surface area (Å²) in [6, 6.07) is 15.6. The summed E-state index contributed by atoms with van der Waals surface area (Å²) in [4.78, 5) is 15.3. The Hall–Kier alpha value is -2.98. The Morgan fingerprint density at radius 3 is 2.64 bits per heavy atom. The first-order chi connectivity index (χ1) is 15.9. The van der Waals surface area contributed by atoms with E-state index in [0.29, 0.717) is 22.6 Å². The van der Waals surface area contributed by atoms with Gasteiger partial charge in [-0.2, -0.15) is 0 Å². The van der Waals surface area contributed by atoms with Crippen molar-refractivity contribution in [1.82, 2.24) is 9.62 Å². The van der Waals surface area contributed by atoms with Crippen LogP contribution in [0, 0.1) is 6.92 Å². The van der Waals surface area contributed by atoms with Gasteiger partial charge in [-0.25, -0.2) is 13.1 Å². The number of morpholine rings is 1. The Balaban J connectivity index is 1.46. The second kappa shape index (κ2) is 10.3. The summed E-state index contributed by atoms with van der Waals surface area (Å²) in [5.41, 5.74) is 2.73. The zero-order valence-electron chi connectivity index (χ0n) is 18.4. The van der Waals surface area contributed by atoms with E-state index in [4.69, 9.17) is 9.15 Å². The maximum Gasteiger partial charge on any atom is 0.255 e. The van der Waals surface area contributed by atoms with Crippen molar-refractivity contribution < 1.29 is 22.4 Å². The van der Waals surface area contributed by atoms with Gasteiger partial charge in [-0.05, 0) is 54.4 Å². The third-order valence-corrected chi connectivity index (χ3v) is 6.87. The van der Waals surface area contributed by atoms with Crippen LogP contribution >= 0.6 is 0 Å². The summed E-state index contributed by atoms with van der Waals surface area (Å²) in [5.74, 6) is 0.139. The number of ether oxygens (including phenoxy) is 1. The standard InChI is InChI=1S/C24H27N3O5S/c1-18-7-8-22(33(29,30)25-16-21-6-3-11-32-21)15-23(18)24(28)26-20-5-2-4-19(14-20)17-27-9-12-31-13-10-27/h2-8,11,14-15,25H,9-10,12-13,16-17H2,1H3,(H,26,28). The molecule has 0 spiro atoms. The summed E-state index contributed by atoms with van der Waals surface area (Å²) >= 11 is 0. The maximum absolute atomic E-state index is 13.0. The third kappa shape index (κ3) is 6.08. The lowest BCUT2D eigenvalue weighted by molar-refractivity contribution is 0.0342. The van der Waals surface area contributed by atoms with E-state index in [1.807, 2.05) is 24.3 Å². The summed E-state index contributed by atoms with van der Waals surface area (Å²) < 4.78 is 38.5. The highest BCUT2D eigenvalue weighted by atomic mass is 32.2. The van der Waals surface area contributed by atoms with Gasteiger partial charge >= 0.3 is 0 Å². The van der Waals surface area contributed by atoms with Crippen LogP contribution in [-0.4, -0.2) is 45.5 Å². The number of anilines is 1. The molecule has 0 unspecified atom stereocenters. The number of nitrogens with one attached hydrogen (secondary N) is 2. The highest BCUT2D eigenvalue weighted by molar-refractivity contribution is 7.89. The van der Waals surface area contributed by atoms with Gasteiger partial charge in [-0.3, -0.25) is 9.69 Å². The van der Waals surface area contributed by atoms with E-state index in [2.05, 4.69) is 14.9 Å². The van der Waals surface area contributed by atoms with Crippen LogP contribution in [0.2, 0.25) is 0 Å². The number of hydrogen-bond donors (Lipinski definition) is 2. The number of carbonyl (C=O) groups is 1. The van der Waals surface area contributed by atoms with Gasteiger partial charge < -0.3 is 14.5 Å². The number of rotatable bonds is 8. The molecule has 8 nitrogen and oxygen atoms in total. The molecule has 1 saturated heterocycles. The van der Waals surface area contributed by atoms with Crippen LogP contribution in [0.25, 0.3) is 0 Å². The molecule has 1 fully saturated rings. The van der Waals surface area contributed by atoms with Gasteiger partial charge in [-0.1, -0.05) is 18.2 Å². The molecular weight excluding hydrogens is 442 g/mol. The molecule has 4 rings (SSSR count). The monoisotopic (exact) mass is 469 g/mol. The van der Waals surface area contributed by atoms with Gasteiger partial charge in [0.1, 0.15) is 5.76 Å². The van der Waals surface area contributed by atoms with Crippen molar-refractivity contribution in [2.45, 2.75) is 24.9 Å². The van der Waals surface area contributed by atoms with Crippen LogP contribution in [0.3, 0.4) is 0 Å². The van der Waals surface area contributed by atoms with E-state index >= 15 is 0 Å². The fourth-order valence-corrected chi connectivity index (χ4v) is 4.66. The number of aryl methyl sites for hydroxylation is 1. The van der Waals surface area contributed by atoms with Crippen LogP contribution in [-0.2, 0) is 27.8 Å². The average molecular weight is 470 g/mol. The molecule has 3 aromatic rings. The number of furan rings is 1. The second-order valence-corrected chi connectivity index (χ2v) is 9.69. The fourth-order valence-electron chi connectivity index (χ4n) is 3.64. The third-order valence-electron chi connectivity index (χ3n) is 5.48. The van der Waals surface area contributed by atoms with E-state index in [1.54, 1.807) is 25.1 Å². The first kappa shape index (κ1) is 23.2. The highest BCUT2D eigenvalue weighted by Gasteiger charge is 2.19. The minimum atomic E-state index is -3.81. The van der Waals surface area contributed by atoms with Gasteiger partial charge in [0.25, 0.3) is 5.91 Å². The largest absolute Gasteiger partial charge is 0.468 e. The molecule has 2 N–H and O–H groups in total. The van der Waals surface area contributed by atoms with Crippen molar-refractivity contribution in [3.05, 3.63) is 83.3 Å². The molecular formula is C24H27N3O5S. The molecule has 0 atom stereocenters. The Bertz CT molecular complexity index is 1200. The summed E-state index contributed by atoms with van der Waals surface area (Å²) in [7, 11) is -3.81. The first-order valence-electron chi connectivity index (χ1n) is 10.7. The number of nitrogens with zero attached hydrogens (tertiary/aromatic N) is 1. The van der Waals surface area contributed by atoms with Gasteiger partial charge in [0.15, 0.2) is 0 Å². The molecule has 1 amide bonds. The fraction of sp³-hybridized carbons (Fsp3) is 0.292. The Morgan fingerprint density at radius 2 is 1.88 bits per heavy atom. The van der Waals surface area contributed by atoms with Crippen molar-refractivity contribution in [2.75, 3.05) is 31.6 Å². The van der Waals surface area contributed by atoms with Crippen molar-refractivity contribution in [3.8, 4) is 0 Å². The van der Waals surface area contributed by atoms with Gasteiger partial charge in [0, 0.05) is 30.9 Å².